The van der Waals surface area contributed by atoms with Gasteiger partial charge in [-0.1, -0.05) is 56.3 Å². The summed E-state index contributed by atoms with van der Waals surface area (Å²) >= 11 is 0. The van der Waals surface area contributed by atoms with Crippen molar-refractivity contribution in [3.05, 3.63) is 90.0 Å². The highest BCUT2D eigenvalue weighted by Gasteiger charge is 2.33. The molecule has 0 aliphatic carbocycles. The predicted octanol–water partition coefficient (Wildman–Crippen LogP) is 6.89. The third-order valence-electron chi connectivity index (χ3n) is 5.10. The van der Waals surface area contributed by atoms with Crippen molar-refractivity contribution in [2.45, 2.75) is 26.2 Å². The highest BCUT2D eigenvalue weighted by Crippen LogP contribution is 2.47. The first-order valence-electron chi connectivity index (χ1n) is 8.90. The molecule has 0 amide bonds. The molecule has 0 fully saturated rings. The molecule has 1 aliphatic heterocycles. The zero-order valence-corrected chi connectivity index (χ0v) is 15.5. The highest BCUT2D eigenvalue weighted by molar-refractivity contribution is 5.78. The number of fused-ring (bicyclic) bond motifs is 2. The van der Waals surface area contributed by atoms with Crippen LogP contribution in [0.3, 0.4) is 0 Å². The molecular formula is C24H23NO. The third-order valence-corrected chi connectivity index (χ3v) is 5.10. The number of nitrogens with one attached hydrogen (secondary N) is 1. The number of rotatable bonds is 3. The molecule has 26 heavy (non-hydrogen) atoms. The Morgan fingerprint density at radius 2 is 1.62 bits per heavy atom. The molecule has 0 aromatic heterocycles. The van der Waals surface area contributed by atoms with Crippen LogP contribution < -0.4 is 10.1 Å². The molecule has 2 heteroatoms. The number of hydrogen-bond donors (Lipinski definition) is 1. The molecule has 130 valence electrons. The van der Waals surface area contributed by atoms with E-state index in [1.807, 2.05) is 43.3 Å². The summed E-state index contributed by atoms with van der Waals surface area (Å²) < 4.78 is 6.00. The summed E-state index contributed by atoms with van der Waals surface area (Å²) in [5.74, 6) is 1.68. The maximum atomic E-state index is 6.00. The van der Waals surface area contributed by atoms with Gasteiger partial charge >= 0.3 is 0 Å². The molecule has 0 saturated carbocycles. The van der Waals surface area contributed by atoms with Gasteiger partial charge in [-0.05, 0) is 53.9 Å². The molecule has 0 unspecified atom stereocenters. The van der Waals surface area contributed by atoms with Crippen molar-refractivity contribution >= 4 is 16.9 Å². The molecule has 0 bridgehead atoms. The zero-order chi connectivity index (χ0) is 18.3. The maximum absolute atomic E-state index is 6.00. The Balaban J connectivity index is 1.73. The Bertz CT molecular complexity index is 986. The van der Waals surface area contributed by atoms with Crippen LogP contribution in [0.15, 0.2) is 73.3 Å². The average Bonchev–Trinajstić information content (AvgIpc) is 2.62. The van der Waals surface area contributed by atoms with E-state index in [1.165, 1.54) is 16.7 Å². The fourth-order valence-electron chi connectivity index (χ4n) is 3.59. The summed E-state index contributed by atoms with van der Waals surface area (Å²) in [6, 6.07) is 22.7. The van der Waals surface area contributed by atoms with E-state index in [-0.39, 0.29) is 5.41 Å². The Kier molecular flexibility index (Phi) is 3.84. The molecule has 0 spiro atoms. The lowest BCUT2D eigenvalue weighted by molar-refractivity contribution is 0.482. The van der Waals surface area contributed by atoms with Crippen molar-refractivity contribution in [3.63, 3.8) is 0 Å². The molecule has 3 aromatic carbocycles. The summed E-state index contributed by atoms with van der Waals surface area (Å²) in [6.45, 7) is 10.7. The van der Waals surface area contributed by atoms with Gasteiger partial charge in [-0.25, -0.2) is 0 Å². The molecule has 0 radical (unpaired) electrons. The van der Waals surface area contributed by atoms with Crippen LogP contribution in [0.4, 0.5) is 11.4 Å². The minimum Gasteiger partial charge on any atom is -0.457 e. The van der Waals surface area contributed by atoms with E-state index in [0.717, 1.165) is 28.4 Å². The third kappa shape index (κ3) is 2.78. The number of hydrogen-bond acceptors (Lipinski definition) is 2. The van der Waals surface area contributed by atoms with Crippen LogP contribution in [0.25, 0.3) is 5.57 Å². The Morgan fingerprint density at radius 3 is 2.35 bits per heavy atom. The standard InChI is InChI=1S/C24H23NO/c1-16(2)17-10-13-22-21(14-17)24(3,4)20-12-11-19(15-23(20)25-22)26-18-8-6-5-7-9-18/h5-15,25H,1H2,2-4H3. The summed E-state index contributed by atoms with van der Waals surface area (Å²) in [7, 11) is 0. The highest BCUT2D eigenvalue weighted by atomic mass is 16.5. The Labute approximate surface area is 155 Å². The summed E-state index contributed by atoms with van der Waals surface area (Å²) in [4.78, 5) is 0. The maximum Gasteiger partial charge on any atom is 0.129 e. The summed E-state index contributed by atoms with van der Waals surface area (Å²) in [6.07, 6.45) is 0. The molecule has 4 rings (SSSR count). The normalized spacial score (nSPS) is 14.0. The van der Waals surface area contributed by atoms with Gasteiger partial charge in [0.25, 0.3) is 0 Å². The quantitative estimate of drug-likeness (QED) is 0.560. The second kappa shape index (κ2) is 6.06. The van der Waals surface area contributed by atoms with E-state index in [4.69, 9.17) is 4.74 Å². The number of allylic oxidation sites excluding steroid dienone is 1. The monoisotopic (exact) mass is 341 g/mol. The van der Waals surface area contributed by atoms with Gasteiger partial charge in [-0.3, -0.25) is 0 Å². The lowest BCUT2D eigenvalue weighted by Crippen LogP contribution is -2.26. The van der Waals surface area contributed by atoms with Crippen LogP contribution in [0.5, 0.6) is 11.5 Å². The first-order valence-corrected chi connectivity index (χ1v) is 8.90. The number of para-hydroxylation sites is 1. The van der Waals surface area contributed by atoms with Crippen molar-refractivity contribution in [1.82, 2.24) is 0 Å². The predicted molar refractivity (Wildman–Crippen MR) is 110 cm³/mol. The summed E-state index contributed by atoms with van der Waals surface area (Å²) in [5.41, 5.74) is 6.98. The number of benzene rings is 3. The molecule has 0 atom stereocenters. The van der Waals surface area contributed by atoms with E-state index < -0.39 is 0 Å². The topological polar surface area (TPSA) is 21.3 Å². The minimum absolute atomic E-state index is 0.0906. The van der Waals surface area contributed by atoms with E-state index in [2.05, 4.69) is 56.1 Å². The van der Waals surface area contributed by atoms with Crippen LogP contribution in [-0.4, -0.2) is 0 Å². The van der Waals surface area contributed by atoms with Crippen molar-refractivity contribution in [1.29, 1.82) is 0 Å². The Morgan fingerprint density at radius 1 is 0.846 bits per heavy atom. The fraction of sp³-hybridized carbons (Fsp3) is 0.167. The van der Waals surface area contributed by atoms with Crippen LogP contribution >= 0.6 is 0 Å². The summed E-state index contributed by atoms with van der Waals surface area (Å²) in [5, 5.41) is 3.58. The van der Waals surface area contributed by atoms with Gasteiger partial charge in [-0.2, -0.15) is 0 Å². The van der Waals surface area contributed by atoms with E-state index >= 15 is 0 Å². The van der Waals surface area contributed by atoms with Gasteiger partial charge in [0.2, 0.25) is 0 Å². The lowest BCUT2D eigenvalue weighted by Gasteiger charge is -2.36. The molecule has 1 N–H and O–H groups in total. The molecule has 1 aliphatic rings. The van der Waals surface area contributed by atoms with E-state index in [1.54, 1.807) is 0 Å². The van der Waals surface area contributed by atoms with Gasteiger partial charge in [0, 0.05) is 22.9 Å². The minimum atomic E-state index is -0.0906. The largest absolute Gasteiger partial charge is 0.457 e. The fourth-order valence-corrected chi connectivity index (χ4v) is 3.59. The smallest absolute Gasteiger partial charge is 0.129 e. The second-order valence-corrected chi connectivity index (χ2v) is 7.41. The SMILES string of the molecule is C=C(C)c1ccc2c(c1)C(C)(C)c1ccc(Oc3ccccc3)cc1N2. The zero-order valence-electron chi connectivity index (χ0n) is 15.5. The molecule has 3 aromatic rings. The van der Waals surface area contributed by atoms with E-state index in [0.29, 0.717) is 0 Å². The van der Waals surface area contributed by atoms with Crippen LogP contribution in [0.1, 0.15) is 37.5 Å². The van der Waals surface area contributed by atoms with Gasteiger partial charge in [0.15, 0.2) is 0 Å². The van der Waals surface area contributed by atoms with Crippen molar-refractivity contribution < 1.29 is 4.74 Å². The average molecular weight is 341 g/mol. The number of anilines is 2. The van der Waals surface area contributed by atoms with Crippen molar-refractivity contribution in [2.75, 3.05) is 5.32 Å². The van der Waals surface area contributed by atoms with Gasteiger partial charge in [0.1, 0.15) is 11.5 Å². The molecule has 2 nitrogen and oxygen atoms in total. The molecule has 0 saturated heterocycles. The van der Waals surface area contributed by atoms with Crippen molar-refractivity contribution in [2.24, 2.45) is 0 Å². The molecule has 1 heterocycles. The van der Waals surface area contributed by atoms with Crippen LogP contribution in [0.2, 0.25) is 0 Å². The second-order valence-electron chi connectivity index (χ2n) is 7.41. The van der Waals surface area contributed by atoms with Gasteiger partial charge in [0.05, 0.1) is 0 Å². The molecular weight excluding hydrogens is 318 g/mol. The number of ether oxygens (including phenoxy) is 1. The lowest BCUT2D eigenvalue weighted by atomic mass is 9.73. The first kappa shape index (κ1) is 16.5. The van der Waals surface area contributed by atoms with Gasteiger partial charge < -0.3 is 10.1 Å². The van der Waals surface area contributed by atoms with E-state index in [9.17, 15) is 0 Å². The van der Waals surface area contributed by atoms with Crippen LogP contribution in [0, 0.1) is 0 Å². The van der Waals surface area contributed by atoms with Crippen LogP contribution in [-0.2, 0) is 5.41 Å². The van der Waals surface area contributed by atoms with Gasteiger partial charge in [-0.15, -0.1) is 0 Å². The van der Waals surface area contributed by atoms with Crippen molar-refractivity contribution in [3.8, 4) is 11.5 Å². The Hall–Kier alpha value is -3.00. The first-order chi connectivity index (χ1) is 12.4.